The van der Waals surface area contributed by atoms with E-state index in [-0.39, 0.29) is 29.7 Å². The summed E-state index contributed by atoms with van der Waals surface area (Å²) in [4.78, 5) is 0. The van der Waals surface area contributed by atoms with Crippen LogP contribution in [0.2, 0.25) is 0 Å². The summed E-state index contributed by atoms with van der Waals surface area (Å²) in [5.74, 6) is 0. The Balaban J connectivity index is 1.14. The van der Waals surface area contributed by atoms with E-state index in [9.17, 15) is 0 Å². The van der Waals surface area contributed by atoms with Crippen molar-refractivity contribution < 1.29 is 11.3 Å². The Morgan fingerprint density at radius 3 is 1.78 bits per heavy atom. The zero-order chi connectivity index (χ0) is 36.4. The number of hydrogen-bond donors (Lipinski definition) is 0. The van der Waals surface area contributed by atoms with Crippen molar-refractivity contribution in [3.05, 3.63) is 170 Å². The standard InChI is InChI=1S/C48H28O/c1-2-9-29(10-3-1)32-21-26-42-45(28-32)49-44-16-8-15-39(48(42)44)37-22-17-30-20-25-41-38(23-18-31-19-24-40(37)46(30)47(31)41)43-27-33-11-4-5-12-34(33)35-13-6-7-14-36(35)43/h1-28H/i1D,2D,3D,9D,10D. The Hall–Kier alpha value is -6.44. The predicted octanol–water partition coefficient (Wildman–Crippen LogP) is 13.8. The highest BCUT2D eigenvalue weighted by atomic mass is 16.3. The average molecular weight is 626 g/mol. The molecular formula is C48H28O. The zero-order valence-electron chi connectivity index (χ0n) is 31.2. The topological polar surface area (TPSA) is 13.1 Å². The first-order valence-corrected chi connectivity index (χ1v) is 16.5. The lowest BCUT2D eigenvalue weighted by molar-refractivity contribution is 0.669. The van der Waals surface area contributed by atoms with E-state index in [4.69, 9.17) is 11.3 Å². The second kappa shape index (κ2) is 10.0. The first-order chi connectivity index (χ1) is 26.4. The molecule has 0 fully saturated rings. The van der Waals surface area contributed by atoms with Crippen LogP contribution in [0.1, 0.15) is 6.85 Å². The van der Waals surface area contributed by atoms with Crippen molar-refractivity contribution >= 4 is 75.8 Å². The number of benzene rings is 10. The lowest BCUT2D eigenvalue weighted by Gasteiger charge is -2.18. The maximum Gasteiger partial charge on any atom is 0.136 e. The average Bonchev–Trinajstić information content (AvgIpc) is 3.59. The molecule has 1 nitrogen and oxygen atoms in total. The molecule has 0 aliphatic heterocycles. The summed E-state index contributed by atoms with van der Waals surface area (Å²) in [6, 6.07) is 47.7. The molecule has 11 rings (SSSR count). The number of furan rings is 1. The van der Waals surface area contributed by atoms with E-state index in [0.717, 1.165) is 32.9 Å². The third-order valence-corrected chi connectivity index (χ3v) is 10.3. The first kappa shape index (κ1) is 22.2. The van der Waals surface area contributed by atoms with E-state index < -0.39 is 6.04 Å². The third-order valence-electron chi connectivity index (χ3n) is 10.3. The van der Waals surface area contributed by atoms with E-state index in [1.165, 1.54) is 59.6 Å². The summed E-state index contributed by atoms with van der Waals surface area (Å²) in [5.41, 5.74) is 6.55. The molecule has 0 amide bonds. The van der Waals surface area contributed by atoms with Crippen LogP contribution in [-0.2, 0) is 0 Å². The Kier molecular flexibility index (Phi) is 4.54. The van der Waals surface area contributed by atoms with Crippen molar-refractivity contribution in [2.75, 3.05) is 0 Å². The predicted molar refractivity (Wildman–Crippen MR) is 209 cm³/mol. The molecular weight excluding hydrogens is 593 g/mol. The molecule has 11 aromatic rings. The van der Waals surface area contributed by atoms with Crippen molar-refractivity contribution in [2.24, 2.45) is 0 Å². The van der Waals surface area contributed by atoms with Crippen molar-refractivity contribution in [3.8, 4) is 33.4 Å². The maximum atomic E-state index is 8.53. The lowest BCUT2D eigenvalue weighted by atomic mass is 9.85. The third kappa shape index (κ3) is 3.82. The quantitative estimate of drug-likeness (QED) is 0.178. The Morgan fingerprint density at radius 1 is 0.347 bits per heavy atom. The molecule has 0 spiro atoms. The highest BCUT2D eigenvalue weighted by molar-refractivity contribution is 6.29. The van der Waals surface area contributed by atoms with Crippen LogP contribution in [0.25, 0.3) is 109 Å². The summed E-state index contributed by atoms with van der Waals surface area (Å²) in [7, 11) is 0. The van der Waals surface area contributed by atoms with Crippen LogP contribution in [0.4, 0.5) is 0 Å². The molecule has 10 aromatic carbocycles. The van der Waals surface area contributed by atoms with E-state index in [1.807, 2.05) is 24.3 Å². The van der Waals surface area contributed by atoms with Gasteiger partial charge in [0.25, 0.3) is 0 Å². The van der Waals surface area contributed by atoms with Crippen LogP contribution >= 0.6 is 0 Å². The van der Waals surface area contributed by atoms with Gasteiger partial charge in [-0.1, -0.05) is 145 Å². The van der Waals surface area contributed by atoms with Crippen LogP contribution in [0.5, 0.6) is 0 Å². The van der Waals surface area contributed by atoms with E-state index in [2.05, 4.69) is 109 Å². The van der Waals surface area contributed by atoms with Gasteiger partial charge in [-0.15, -0.1) is 0 Å². The zero-order valence-corrected chi connectivity index (χ0v) is 26.2. The molecule has 0 radical (unpaired) electrons. The fourth-order valence-corrected chi connectivity index (χ4v) is 8.15. The van der Waals surface area contributed by atoms with E-state index in [1.54, 1.807) is 6.07 Å². The minimum Gasteiger partial charge on any atom is -0.456 e. The Bertz CT molecular complexity index is 3370. The van der Waals surface area contributed by atoms with Crippen molar-refractivity contribution in [1.82, 2.24) is 0 Å². The highest BCUT2D eigenvalue weighted by Crippen LogP contribution is 2.46. The Labute approximate surface area is 289 Å². The minimum atomic E-state index is -0.407. The highest BCUT2D eigenvalue weighted by Gasteiger charge is 2.19. The molecule has 1 aromatic heterocycles. The van der Waals surface area contributed by atoms with Gasteiger partial charge >= 0.3 is 0 Å². The maximum absolute atomic E-state index is 8.53. The van der Waals surface area contributed by atoms with Gasteiger partial charge in [-0.05, 0) is 112 Å². The first-order valence-electron chi connectivity index (χ1n) is 19.0. The van der Waals surface area contributed by atoms with Crippen LogP contribution < -0.4 is 0 Å². The molecule has 226 valence electrons. The van der Waals surface area contributed by atoms with Gasteiger partial charge in [-0.2, -0.15) is 0 Å². The minimum absolute atomic E-state index is 0.159. The van der Waals surface area contributed by atoms with Gasteiger partial charge in [-0.25, -0.2) is 0 Å². The molecule has 0 saturated heterocycles. The van der Waals surface area contributed by atoms with Crippen molar-refractivity contribution in [3.63, 3.8) is 0 Å². The summed E-state index contributed by atoms with van der Waals surface area (Å²) >= 11 is 0. The van der Waals surface area contributed by atoms with Gasteiger partial charge in [0, 0.05) is 10.8 Å². The van der Waals surface area contributed by atoms with Crippen molar-refractivity contribution in [1.29, 1.82) is 0 Å². The van der Waals surface area contributed by atoms with Crippen LogP contribution in [0.3, 0.4) is 0 Å². The monoisotopic (exact) mass is 625 g/mol. The molecule has 0 saturated carbocycles. The van der Waals surface area contributed by atoms with Gasteiger partial charge in [-0.3, -0.25) is 0 Å². The molecule has 49 heavy (non-hydrogen) atoms. The molecule has 1 heteroatoms. The largest absolute Gasteiger partial charge is 0.456 e. The number of fused-ring (bicyclic) bond motifs is 6. The summed E-state index contributed by atoms with van der Waals surface area (Å²) in [5, 5.41) is 14.0. The molecule has 0 atom stereocenters. The molecule has 0 aliphatic rings. The summed E-state index contributed by atoms with van der Waals surface area (Å²) in [6.45, 7) is 0. The number of rotatable bonds is 3. The second-order valence-electron chi connectivity index (χ2n) is 12.8. The number of hydrogen-bond acceptors (Lipinski definition) is 1. The smallest absolute Gasteiger partial charge is 0.136 e. The summed E-state index contributed by atoms with van der Waals surface area (Å²) in [6.07, 6.45) is 0. The molecule has 0 bridgehead atoms. The van der Waals surface area contributed by atoms with E-state index >= 15 is 0 Å². The van der Waals surface area contributed by atoms with Crippen LogP contribution in [0.15, 0.2) is 174 Å². The van der Waals surface area contributed by atoms with Crippen molar-refractivity contribution in [2.45, 2.75) is 0 Å². The SMILES string of the molecule is [2H]c1c([2H])c([2H])c(-c2ccc3c(c2)oc2cccc(-c4ccc5ccc6c(-c7cc8ccccc8c8ccccc78)ccc7ccc4c5c76)c23)c([2H])c1[2H]. The fraction of sp³-hybridized carbons (Fsp3) is 0. The Morgan fingerprint density at radius 2 is 1.00 bits per heavy atom. The lowest BCUT2D eigenvalue weighted by Crippen LogP contribution is -1.91. The van der Waals surface area contributed by atoms with Crippen LogP contribution in [0, 0.1) is 0 Å². The van der Waals surface area contributed by atoms with Gasteiger partial charge in [0.2, 0.25) is 0 Å². The molecule has 0 N–H and O–H groups in total. The van der Waals surface area contributed by atoms with Gasteiger partial charge in [0.15, 0.2) is 0 Å². The second-order valence-corrected chi connectivity index (χ2v) is 12.8. The molecule has 1 heterocycles. The van der Waals surface area contributed by atoms with Gasteiger partial charge < -0.3 is 4.42 Å². The van der Waals surface area contributed by atoms with Crippen LogP contribution in [-0.4, -0.2) is 0 Å². The van der Waals surface area contributed by atoms with Gasteiger partial charge in [0.05, 0.1) is 6.85 Å². The normalized spacial score (nSPS) is 13.5. The summed E-state index contributed by atoms with van der Waals surface area (Å²) < 4.78 is 47.9. The van der Waals surface area contributed by atoms with E-state index in [0.29, 0.717) is 11.1 Å². The van der Waals surface area contributed by atoms with Gasteiger partial charge in [0.1, 0.15) is 11.2 Å². The molecule has 0 aliphatic carbocycles. The fourth-order valence-electron chi connectivity index (χ4n) is 8.15. The molecule has 0 unspecified atom stereocenters.